The number of halogens is 1. The summed E-state index contributed by atoms with van der Waals surface area (Å²) in [6.45, 7) is 4.00. The normalized spacial score (nSPS) is 19.6. The monoisotopic (exact) mass is 373 g/mol. The lowest BCUT2D eigenvalue weighted by atomic mass is 10.2. The van der Waals surface area contributed by atoms with E-state index in [0.29, 0.717) is 31.7 Å². The third-order valence-electron chi connectivity index (χ3n) is 4.44. The predicted octanol–water partition coefficient (Wildman–Crippen LogP) is 1.33. The van der Waals surface area contributed by atoms with Crippen LogP contribution in [-0.4, -0.2) is 62.8 Å². The van der Waals surface area contributed by atoms with Gasteiger partial charge in [-0.1, -0.05) is 12.5 Å². The average Bonchev–Trinajstić information content (AvgIpc) is 2.62. The summed E-state index contributed by atoms with van der Waals surface area (Å²) in [5.74, 6) is -0.0952. The van der Waals surface area contributed by atoms with Gasteiger partial charge in [0.05, 0.1) is 4.90 Å². The lowest BCUT2D eigenvalue weighted by Crippen LogP contribution is -2.46. The molecule has 1 N–H and O–H groups in total. The third-order valence-corrected chi connectivity index (χ3v) is 6.33. The maximum absolute atomic E-state index is 12.7. The molecule has 24 heavy (non-hydrogen) atoms. The SMILES string of the molecule is Cl.O=C(c1cccc(S(=O)(=O)N2CCCCC2)c1)N1CCNCC1. The number of piperidine rings is 1. The van der Waals surface area contributed by atoms with Gasteiger partial charge in [0.25, 0.3) is 5.91 Å². The molecule has 0 spiro atoms. The summed E-state index contributed by atoms with van der Waals surface area (Å²) >= 11 is 0. The maximum Gasteiger partial charge on any atom is 0.253 e. The van der Waals surface area contributed by atoms with Crippen LogP contribution in [-0.2, 0) is 10.0 Å². The molecule has 1 aromatic rings. The summed E-state index contributed by atoms with van der Waals surface area (Å²) in [5.41, 5.74) is 0.449. The molecule has 2 aliphatic rings. The second-order valence-electron chi connectivity index (χ2n) is 6.03. The van der Waals surface area contributed by atoms with Crippen LogP contribution in [0, 0.1) is 0 Å². The molecular formula is C16H24ClN3O3S. The molecule has 0 atom stereocenters. The first-order valence-electron chi connectivity index (χ1n) is 8.19. The highest BCUT2D eigenvalue weighted by Crippen LogP contribution is 2.21. The first-order chi connectivity index (χ1) is 11.1. The predicted molar refractivity (Wildman–Crippen MR) is 95.1 cm³/mol. The number of carbonyl (C=O) groups is 1. The lowest BCUT2D eigenvalue weighted by molar-refractivity contribution is 0.0735. The molecule has 0 bridgehead atoms. The number of nitrogens with zero attached hydrogens (tertiary/aromatic N) is 2. The molecule has 2 saturated heterocycles. The Kier molecular flexibility index (Phi) is 6.62. The zero-order valence-electron chi connectivity index (χ0n) is 13.6. The van der Waals surface area contributed by atoms with Crippen LogP contribution in [0.25, 0.3) is 0 Å². The highest BCUT2D eigenvalue weighted by Gasteiger charge is 2.27. The first-order valence-corrected chi connectivity index (χ1v) is 9.63. The molecule has 1 aromatic carbocycles. The van der Waals surface area contributed by atoms with Gasteiger partial charge in [0.1, 0.15) is 0 Å². The van der Waals surface area contributed by atoms with Crippen molar-refractivity contribution in [3.05, 3.63) is 29.8 Å². The number of carbonyl (C=O) groups excluding carboxylic acids is 1. The smallest absolute Gasteiger partial charge is 0.253 e. The summed E-state index contributed by atoms with van der Waals surface area (Å²) in [4.78, 5) is 14.5. The topological polar surface area (TPSA) is 69.7 Å². The Hall–Kier alpha value is -1.15. The van der Waals surface area contributed by atoms with Gasteiger partial charge in [0.2, 0.25) is 10.0 Å². The van der Waals surface area contributed by atoms with Crippen LogP contribution in [0.5, 0.6) is 0 Å². The van der Waals surface area contributed by atoms with E-state index in [9.17, 15) is 13.2 Å². The van der Waals surface area contributed by atoms with Gasteiger partial charge in [-0.3, -0.25) is 4.79 Å². The molecule has 0 aliphatic carbocycles. The van der Waals surface area contributed by atoms with Gasteiger partial charge >= 0.3 is 0 Å². The van der Waals surface area contributed by atoms with Crippen molar-refractivity contribution in [3.8, 4) is 0 Å². The summed E-state index contributed by atoms with van der Waals surface area (Å²) in [6.07, 6.45) is 2.88. The molecular weight excluding hydrogens is 350 g/mol. The van der Waals surface area contributed by atoms with Crippen molar-refractivity contribution in [2.24, 2.45) is 0 Å². The van der Waals surface area contributed by atoms with Crippen molar-refractivity contribution < 1.29 is 13.2 Å². The van der Waals surface area contributed by atoms with Crippen molar-refractivity contribution in [2.45, 2.75) is 24.2 Å². The highest BCUT2D eigenvalue weighted by molar-refractivity contribution is 7.89. The summed E-state index contributed by atoms with van der Waals surface area (Å²) in [5, 5.41) is 3.20. The number of piperazine rings is 1. The van der Waals surface area contributed by atoms with E-state index in [1.54, 1.807) is 23.1 Å². The lowest BCUT2D eigenvalue weighted by Gasteiger charge is -2.28. The Morgan fingerprint density at radius 3 is 2.33 bits per heavy atom. The number of sulfonamides is 1. The van der Waals surface area contributed by atoms with Gasteiger partial charge in [0, 0.05) is 44.8 Å². The van der Waals surface area contributed by atoms with E-state index < -0.39 is 10.0 Å². The fourth-order valence-corrected chi connectivity index (χ4v) is 4.66. The second kappa shape index (κ2) is 8.29. The van der Waals surface area contributed by atoms with Crippen LogP contribution in [0.2, 0.25) is 0 Å². The Morgan fingerprint density at radius 1 is 1.00 bits per heavy atom. The minimum absolute atomic E-state index is 0. The molecule has 0 saturated carbocycles. The van der Waals surface area contributed by atoms with E-state index in [4.69, 9.17) is 0 Å². The molecule has 134 valence electrons. The molecule has 1 amide bonds. The minimum atomic E-state index is -3.50. The first kappa shape index (κ1) is 19.2. The number of benzene rings is 1. The van der Waals surface area contributed by atoms with E-state index in [1.807, 2.05) is 0 Å². The van der Waals surface area contributed by atoms with E-state index in [-0.39, 0.29) is 23.2 Å². The molecule has 0 aromatic heterocycles. The molecule has 6 nitrogen and oxygen atoms in total. The second-order valence-corrected chi connectivity index (χ2v) is 7.97. The van der Waals surface area contributed by atoms with Crippen molar-refractivity contribution in [2.75, 3.05) is 39.3 Å². The van der Waals surface area contributed by atoms with Gasteiger partial charge in [-0.25, -0.2) is 8.42 Å². The summed E-state index contributed by atoms with van der Waals surface area (Å²) in [7, 11) is -3.50. The minimum Gasteiger partial charge on any atom is -0.336 e. The summed E-state index contributed by atoms with van der Waals surface area (Å²) in [6, 6.07) is 6.46. The van der Waals surface area contributed by atoms with Crippen LogP contribution in [0.4, 0.5) is 0 Å². The molecule has 2 fully saturated rings. The quantitative estimate of drug-likeness (QED) is 0.867. The van der Waals surface area contributed by atoms with Crippen LogP contribution < -0.4 is 5.32 Å². The van der Waals surface area contributed by atoms with Gasteiger partial charge in [-0.05, 0) is 31.0 Å². The summed E-state index contributed by atoms with van der Waals surface area (Å²) < 4.78 is 27.0. The van der Waals surface area contributed by atoms with Crippen molar-refractivity contribution in [1.82, 2.24) is 14.5 Å². The van der Waals surface area contributed by atoms with Gasteiger partial charge in [0.15, 0.2) is 0 Å². The third kappa shape index (κ3) is 4.08. The fraction of sp³-hybridized carbons (Fsp3) is 0.562. The molecule has 3 rings (SSSR count). The van der Waals surface area contributed by atoms with Crippen molar-refractivity contribution in [1.29, 1.82) is 0 Å². The van der Waals surface area contributed by atoms with E-state index in [2.05, 4.69) is 5.32 Å². The van der Waals surface area contributed by atoms with Gasteiger partial charge in [-0.2, -0.15) is 4.31 Å². The Bertz CT molecular complexity index is 669. The molecule has 0 radical (unpaired) electrons. The van der Waals surface area contributed by atoms with Crippen LogP contribution >= 0.6 is 12.4 Å². The van der Waals surface area contributed by atoms with Gasteiger partial charge in [-0.15, -0.1) is 12.4 Å². The molecule has 2 aliphatic heterocycles. The van der Waals surface area contributed by atoms with Crippen LogP contribution in [0.15, 0.2) is 29.2 Å². The van der Waals surface area contributed by atoms with E-state index in [1.165, 1.54) is 10.4 Å². The standard InChI is InChI=1S/C16H23N3O3S.ClH/c20-16(18-11-7-17-8-12-18)14-5-4-6-15(13-14)23(21,22)19-9-2-1-3-10-19;/h4-6,13,17H,1-3,7-12H2;1H. The van der Waals surface area contributed by atoms with Crippen LogP contribution in [0.1, 0.15) is 29.6 Å². The molecule has 2 heterocycles. The maximum atomic E-state index is 12.7. The van der Waals surface area contributed by atoms with Crippen molar-refractivity contribution in [3.63, 3.8) is 0 Å². The zero-order valence-corrected chi connectivity index (χ0v) is 15.2. The van der Waals surface area contributed by atoms with E-state index >= 15 is 0 Å². The Morgan fingerprint density at radius 2 is 1.67 bits per heavy atom. The number of hydrogen-bond acceptors (Lipinski definition) is 4. The fourth-order valence-electron chi connectivity index (χ4n) is 3.09. The van der Waals surface area contributed by atoms with E-state index in [0.717, 1.165) is 32.4 Å². The zero-order chi connectivity index (χ0) is 16.3. The molecule has 8 heteroatoms. The average molecular weight is 374 g/mol. The number of amides is 1. The number of rotatable bonds is 3. The Labute approximate surface area is 149 Å². The number of nitrogens with one attached hydrogen (secondary N) is 1. The molecule has 0 unspecified atom stereocenters. The van der Waals surface area contributed by atoms with Crippen molar-refractivity contribution >= 4 is 28.3 Å². The Balaban J connectivity index is 0.00000208. The van der Waals surface area contributed by atoms with Crippen LogP contribution in [0.3, 0.4) is 0 Å². The highest BCUT2D eigenvalue weighted by atomic mass is 35.5. The van der Waals surface area contributed by atoms with Gasteiger partial charge < -0.3 is 10.2 Å². The largest absolute Gasteiger partial charge is 0.336 e. The number of hydrogen-bond donors (Lipinski definition) is 1.